The highest BCUT2D eigenvalue weighted by molar-refractivity contribution is 6.00. The first-order chi connectivity index (χ1) is 16.8. The summed E-state index contributed by atoms with van der Waals surface area (Å²) in [4.78, 5) is 27.4. The molecule has 196 valence electrons. The van der Waals surface area contributed by atoms with E-state index < -0.39 is 11.4 Å². The van der Waals surface area contributed by atoms with Gasteiger partial charge in [0.05, 0.1) is 5.54 Å². The van der Waals surface area contributed by atoms with E-state index in [2.05, 4.69) is 22.9 Å². The fourth-order valence-electron chi connectivity index (χ4n) is 5.91. The molecule has 0 spiro atoms. The van der Waals surface area contributed by atoms with E-state index in [0.29, 0.717) is 37.5 Å². The first-order valence-corrected chi connectivity index (χ1v) is 13.1. The number of carbonyl (C=O) groups is 2. The van der Waals surface area contributed by atoms with Crippen LogP contribution >= 0.6 is 0 Å². The Bertz CT molecular complexity index is 861. The third-order valence-corrected chi connectivity index (χ3v) is 7.90. The summed E-state index contributed by atoms with van der Waals surface area (Å²) in [6.45, 7) is 3.18. The number of urea groups is 1. The second kappa shape index (κ2) is 12.7. The van der Waals surface area contributed by atoms with Gasteiger partial charge >= 0.3 is 6.03 Å². The van der Waals surface area contributed by atoms with Crippen molar-refractivity contribution < 1.29 is 18.7 Å². The van der Waals surface area contributed by atoms with Crippen LogP contribution in [-0.4, -0.2) is 63.3 Å². The Labute approximate surface area is 209 Å². The molecule has 3 N–H and O–H groups in total. The zero-order chi connectivity index (χ0) is 25.4. The van der Waals surface area contributed by atoms with Crippen LogP contribution in [0.25, 0.3) is 0 Å². The van der Waals surface area contributed by atoms with Gasteiger partial charge in [-0.2, -0.15) is 0 Å². The number of halogens is 1. The van der Waals surface area contributed by atoms with Gasteiger partial charge in [0.1, 0.15) is 5.82 Å². The van der Waals surface area contributed by atoms with Crippen molar-refractivity contribution in [3.05, 3.63) is 35.1 Å². The van der Waals surface area contributed by atoms with Crippen molar-refractivity contribution in [3.63, 3.8) is 0 Å². The summed E-state index contributed by atoms with van der Waals surface area (Å²) in [6, 6.07) is 4.56. The SMILES string of the molecule is CNC(C1CCCCC1)C(C)NC(=O)N(C)CCC1(CCCCOC)NC(=O)c2cc(F)ccc21. The van der Waals surface area contributed by atoms with E-state index in [0.717, 1.165) is 18.4 Å². The van der Waals surface area contributed by atoms with Gasteiger partial charge in [0, 0.05) is 45.0 Å². The van der Waals surface area contributed by atoms with Crippen LogP contribution in [0.1, 0.15) is 80.6 Å². The summed E-state index contributed by atoms with van der Waals surface area (Å²) >= 11 is 0. The third-order valence-electron chi connectivity index (χ3n) is 7.90. The smallest absolute Gasteiger partial charge is 0.317 e. The zero-order valence-electron chi connectivity index (χ0n) is 21.8. The van der Waals surface area contributed by atoms with Gasteiger partial charge in [-0.1, -0.05) is 25.3 Å². The molecule has 1 fully saturated rings. The predicted molar refractivity (Wildman–Crippen MR) is 136 cm³/mol. The van der Waals surface area contributed by atoms with Gasteiger partial charge in [-0.3, -0.25) is 4.79 Å². The minimum Gasteiger partial charge on any atom is -0.385 e. The van der Waals surface area contributed by atoms with Crippen molar-refractivity contribution in [1.29, 1.82) is 0 Å². The average molecular weight is 491 g/mol. The third kappa shape index (κ3) is 6.73. The van der Waals surface area contributed by atoms with Crippen molar-refractivity contribution in [1.82, 2.24) is 20.9 Å². The molecule has 3 amide bonds. The summed E-state index contributed by atoms with van der Waals surface area (Å²) in [6.07, 6.45) is 9.20. The van der Waals surface area contributed by atoms with E-state index in [9.17, 15) is 14.0 Å². The number of nitrogens with one attached hydrogen (secondary N) is 3. The minimum absolute atomic E-state index is 0.0101. The fourth-order valence-corrected chi connectivity index (χ4v) is 5.91. The van der Waals surface area contributed by atoms with Crippen molar-refractivity contribution >= 4 is 11.9 Å². The molecule has 1 aliphatic heterocycles. The first kappa shape index (κ1) is 27.4. The highest BCUT2D eigenvalue weighted by Gasteiger charge is 2.42. The maximum Gasteiger partial charge on any atom is 0.317 e. The maximum atomic E-state index is 13.8. The summed E-state index contributed by atoms with van der Waals surface area (Å²) in [5.41, 5.74) is 0.585. The molecule has 2 aliphatic rings. The molecular formula is C27H43FN4O3. The molecule has 0 radical (unpaired) electrons. The van der Waals surface area contributed by atoms with Crippen LogP contribution < -0.4 is 16.0 Å². The van der Waals surface area contributed by atoms with Crippen molar-refractivity contribution in [2.75, 3.05) is 34.4 Å². The molecule has 35 heavy (non-hydrogen) atoms. The van der Waals surface area contributed by atoms with Gasteiger partial charge < -0.3 is 25.6 Å². The molecule has 1 saturated carbocycles. The van der Waals surface area contributed by atoms with E-state index in [1.807, 2.05) is 7.05 Å². The fraction of sp³-hybridized carbons (Fsp3) is 0.704. The highest BCUT2D eigenvalue weighted by atomic mass is 19.1. The standard InChI is InChI=1S/C27H43FN4O3/c1-19(24(29-2)20-10-6-5-7-11-20)30-26(34)32(3)16-15-27(14-8-9-17-35-4)23-13-12-21(28)18-22(23)25(33)31-27/h12-13,18-20,24,29H,5-11,14-17H2,1-4H3,(H,30,34)(H,31,33). The van der Waals surface area contributed by atoms with Crippen molar-refractivity contribution in [3.8, 4) is 0 Å². The molecule has 1 heterocycles. The molecule has 8 heteroatoms. The van der Waals surface area contributed by atoms with Crippen LogP contribution in [0, 0.1) is 11.7 Å². The molecule has 0 bridgehead atoms. The Morgan fingerprint density at radius 1 is 1.26 bits per heavy atom. The lowest BCUT2D eigenvalue weighted by Gasteiger charge is -2.36. The molecule has 1 aromatic carbocycles. The van der Waals surface area contributed by atoms with Gasteiger partial charge in [-0.15, -0.1) is 0 Å². The summed E-state index contributed by atoms with van der Waals surface area (Å²) in [5, 5.41) is 9.74. The first-order valence-electron chi connectivity index (χ1n) is 13.1. The largest absolute Gasteiger partial charge is 0.385 e. The van der Waals surface area contributed by atoms with Gasteiger partial charge in [0.25, 0.3) is 5.91 Å². The number of fused-ring (bicyclic) bond motifs is 1. The van der Waals surface area contributed by atoms with Crippen LogP contribution in [0.15, 0.2) is 18.2 Å². The molecule has 0 saturated heterocycles. The molecule has 1 aromatic rings. The lowest BCUT2D eigenvalue weighted by atomic mass is 9.81. The Morgan fingerprint density at radius 2 is 2.00 bits per heavy atom. The van der Waals surface area contributed by atoms with Crippen LogP contribution in [0.4, 0.5) is 9.18 Å². The number of likely N-dealkylation sites (N-methyl/N-ethyl adjacent to an activating group) is 1. The second-order valence-electron chi connectivity index (χ2n) is 10.3. The number of ether oxygens (including phenoxy) is 1. The number of hydrogen-bond donors (Lipinski definition) is 3. The Balaban J connectivity index is 1.65. The number of amides is 3. The van der Waals surface area contributed by atoms with Gasteiger partial charge in [-0.05, 0) is 76.1 Å². The van der Waals surface area contributed by atoms with Crippen LogP contribution in [0.5, 0.6) is 0 Å². The van der Waals surface area contributed by atoms with E-state index in [-0.39, 0.29) is 24.0 Å². The maximum absolute atomic E-state index is 13.8. The predicted octanol–water partition coefficient (Wildman–Crippen LogP) is 4.17. The number of unbranched alkanes of at least 4 members (excludes halogenated alkanes) is 1. The quantitative estimate of drug-likeness (QED) is 0.384. The summed E-state index contributed by atoms with van der Waals surface area (Å²) in [7, 11) is 5.44. The lowest BCUT2D eigenvalue weighted by molar-refractivity contribution is 0.0913. The topological polar surface area (TPSA) is 82.7 Å². The number of methoxy groups -OCH3 is 1. The van der Waals surface area contributed by atoms with E-state index in [1.165, 1.54) is 44.2 Å². The van der Waals surface area contributed by atoms with E-state index >= 15 is 0 Å². The molecule has 3 atom stereocenters. The minimum atomic E-state index is -0.621. The van der Waals surface area contributed by atoms with Crippen molar-refractivity contribution in [2.24, 2.45) is 5.92 Å². The van der Waals surface area contributed by atoms with Gasteiger partial charge in [-0.25, -0.2) is 9.18 Å². The normalized spacial score (nSPS) is 21.8. The van der Waals surface area contributed by atoms with Crippen LogP contribution in [0.3, 0.4) is 0 Å². The monoisotopic (exact) mass is 490 g/mol. The molecular weight excluding hydrogens is 447 g/mol. The summed E-state index contributed by atoms with van der Waals surface area (Å²) < 4.78 is 19.0. The molecule has 7 nitrogen and oxygen atoms in total. The Morgan fingerprint density at radius 3 is 2.69 bits per heavy atom. The molecule has 3 unspecified atom stereocenters. The van der Waals surface area contributed by atoms with Gasteiger partial charge in [0.2, 0.25) is 0 Å². The van der Waals surface area contributed by atoms with E-state index in [4.69, 9.17) is 4.74 Å². The summed E-state index contributed by atoms with van der Waals surface area (Å²) in [5.74, 6) is -0.0942. The zero-order valence-corrected chi connectivity index (χ0v) is 21.8. The Hall–Kier alpha value is -2.19. The molecule has 0 aromatic heterocycles. The number of hydrogen-bond acceptors (Lipinski definition) is 4. The average Bonchev–Trinajstić information content (AvgIpc) is 3.12. The second-order valence-corrected chi connectivity index (χ2v) is 10.3. The van der Waals surface area contributed by atoms with Crippen LogP contribution in [0.2, 0.25) is 0 Å². The highest BCUT2D eigenvalue weighted by Crippen LogP contribution is 2.38. The van der Waals surface area contributed by atoms with Crippen molar-refractivity contribution in [2.45, 2.75) is 82.3 Å². The molecule has 3 rings (SSSR count). The number of carbonyl (C=O) groups excluding carboxylic acids is 2. The number of nitrogens with zero attached hydrogens (tertiary/aromatic N) is 1. The molecule has 1 aliphatic carbocycles. The lowest BCUT2D eigenvalue weighted by Crippen LogP contribution is -2.54. The van der Waals surface area contributed by atoms with E-state index in [1.54, 1.807) is 25.1 Å². The Kier molecular flexibility index (Phi) is 9.92. The van der Waals surface area contributed by atoms with Gasteiger partial charge in [0.15, 0.2) is 0 Å². The van der Waals surface area contributed by atoms with Crippen LogP contribution in [-0.2, 0) is 10.3 Å². The number of rotatable bonds is 12. The number of benzene rings is 1.